The first-order chi connectivity index (χ1) is 9.95. The van der Waals surface area contributed by atoms with Crippen molar-refractivity contribution in [1.82, 2.24) is 0 Å². The molecule has 0 saturated heterocycles. The van der Waals surface area contributed by atoms with Crippen LogP contribution in [0.2, 0.25) is 0 Å². The van der Waals surface area contributed by atoms with Crippen molar-refractivity contribution in [2.45, 2.75) is 10.6 Å². The number of sulfone groups is 1. The van der Waals surface area contributed by atoms with Crippen LogP contribution in [0.1, 0.15) is 5.56 Å². The summed E-state index contributed by atoms with van der Waals surface area (Å²) in [7, 11) is -3.42. The van der Waals surface area contributed by atoms with E-state index in [4.69, 9.17) is 9.47 Å². The lowest BCUT2D eigenvalue weighted by Crippen LogP contribution is -2.05. The van der Waals surface area contributed by atoms with Gasteiger partial charge in [0.05, 0.1) is 10.6 Å². The number of fused-ring (bicyclic) bond motifs is 1. The Morgan fingerprint density at radius 3 is 2.29 bits per heavy atom. The van der Waals surface area contributed by atoms with Crippen LogP contribution in [0.25, 0.3) is 0 Å². The van der Waals surface area contributed by atoms with E-state index in [2.05, 4.69) is 31.9 Å². The average molecular weight is 434 g/mol. The predicted octanol–water partition coefficient (Wildman–Crippen LogP) is 3.91. The molecule has 0 aromatic heterocycles. The van der Waals surface area contributed by atoms with E-state index < -0.39 is 9.84 Å². The molecule has 4 nitrogen and oxygen atoms in total. The topological polar surface area (TPSA) is 52.6 Å². The Morgan fingerprint density at radius 2 is 1.62 bits per heavy atom. The molecular weight excluding hydrogens is 424 g/mol. The molecule has 110 valence electrons. The van der Waals surface area contributed by atoms with Gasteiger partial charge in [0.25, 0.3) is 0 Å². The van der Waals surface area contributed by atoms with Gasteiger partial charge in [0, 0.05) is 8.95 Å². The molecule has 0 bridgehead atoms. The van der Waals surface area contributed by atoms with Crippen molar-refractivity contribution in [3.05, 3.63) is 50.9 Å². The maximum atomic E-state index is 12.5. The molecule has 1 heterocycles. The second-order valence-electron chi connectivity index (χ2n) is 4.51. The zero-order valence-electron chi connectivity index (χ0n) is 10.7. The smallest absolute Gasteiger partial charge is 0.231 e. The minimum atomic E-state index is -3.42. The van der Waals surface area contributed by atoms with Gasteiger partial charge in [0.1, 0.15) is 0 Å². The van der Waals surface area contributed by atoms with E-state index in [1.165, 1.54) is 0 Å². The fraction of sp³-hybridized carbons (Fsp3) is 0.143. The van der Waals surface area contributed by atoms with Gasteiger partial charge in [-0.3, -0.25) is 0 Å². The molecule has 0 radical (unpaired) electrons. The first-order valence-electron chi connectivity index (χ1n) is 6.02. The first kappa shape index (κ1) is 14.9. The Hall–Kier alpha value is -1.05. The summed E-state index contributed by atoms with van der Waals surface area (Å²) in [5, 5.41) is 0. The van der Waals surface area contributed by atoms with Crippen LogP contribution in [0.3, 0.4) is 0 Å². The van der Waals surface area contributed by atoms with E-state index in [9.17, 15) is 8.42 Å². The minimum absolute atomic E-state index is 0.105. The van der Waals surface area contributed by atoms with Crippen LogP contribution in [-0.4, -0.2) is 15.2 Å². The lowest BCUT2D eigenvalue weighted by atomic mass is 10.2. The summed E-state index contributed by atoms with van der Waals surface area (Å²) in [4.78, 5) is 0.287. The van der Waals surface area contributed by atoms with Gasteiger partial charge >= 0.3 is 0 Å². The van der Waals surface area contributed by atoms with E-state index in [-0.39, 0.29) is 17.4 Å². The highest BCUT2D eigenvalue weighted by Crippen LogP contribution is 2.38. The first-order valence-corrected chi connectivity index (χ1v) is 9.26. The minimum Gasteiger partial charge on any atom is -0.454 e. The third-order valence-electron chi connectivity index (χ3n) is 3.06. The molecule has 2 aromatic rings. The molecular formula is C14H10Br2O4S. The standard InChI is InChI=1S/C14H10Br2O4S/c15-10-1-3-11(4-2-10)21(17,18)7-9-5-13-14(6-12(9)16)20-8-19-13/h1-6H,7-8H2. The van der Waals surface area contributed by atoms with Crippen molar-refractivity contribution in [1.29, 1.82) is 0 Å². The van der Waals surface area contributed by atoms with Gasteiger partial charge in [-0.15, -0.1) is 0 Å². The highest BCUT2D eigenvalue weighted by Gasteiger charge is 2.21. The third-order valence-corrected chi connectivity index (χ3v) is 6.01. The number of benzene rings is 2. The third kappa shape index (κ3) is 3.09. The molecule has 0 unspecified atom stereocenters. The van der Waals surface area contributed by atoms with Crippen molar-refractivity contribution in [2.75, 3.05) is 6.79 Å². The molecule has 0 N–H and O–H groups in total. The van der Waals surface area contributed by atoms with Crippen molar-refractivity contribution in [3.63, 3.8) is 0 Å². The van der Waals surface area contributed by atoms with E-state index in [0.717, 1.165) is 4.47 Å². The quantitative estimate of drug-likeness (QED) is 0.736. The second-order valence-corrected chi connectivity index (χ2v) is 8.27. The highest BCUT2D eigenvalue weighted by molar-refractivity contribution is 9.10. The second kappa shape index (κ2) is 5.62. The maximum Gasteiger partial charge on any atom is 0.231 e. The average Bonchev–Trinajstić information content (AvgIpc) is 2.86. The lowest BCUT2D eigenvalue weighted by molar-refractivity contribution is 0.174. The number of hydrogen-bond donors (Lipinski definition) is 0. The molecule has 7 heteroatoms. The Kier molecular flexibility index (Phi) is 3.98. The molecule has 0 spiro atoms. The fourth-order valence-electron chi connectivity index (χ4n) is 2.00. The summed E-state index contributed by atoms with van der Waals surface area (Å²) in [5.41, 5.74) is 0.641. The summed E-state index contributed by atoms with van der Waals surface area (Å²) >= 11 is 6.67. The number of rotatable bonds is 3. The van der Waals surface area contributed by atoms with Gasteiger partial charge in [-0.25, -0.2) is 8.42 Å². The molecule has 1 aliphatic heterocycles. The largest absolute Gasteiger partial charge is 0.454 e. The monoisotopic (exact) mass is 432 g/mol. The zero-order valence-corrected chi connectivity index (χ0v) is 14.7. The molecule has 1 aliphatic rings. The van der Waals surface area contributed by atoms with E-state index in [1.807, 2.05) is 0 Å². The van der Waals surface area contributed by atoms with Crippen LogP contribution in [0, 0.1) is 0 Å². The summed E-state index contributed by atoms with van der Waals surface area (Å²) in [6, 6.07) is 10.0. The molecule has 0 amide bonds. The summed E-state index contributed by atoms with van der Waals surface area (Å²) < 4.78 is 37.0. The van der Waals surface area contributed by atoms with E-state index in [1.54, 1.807) is 36.4 Å². The normalized spacial score (nSPS) is 13.4. The van der Waals surface area contributed by atoms with Gasteiger partial charge < -0.3 is 9.47 Å². The van der Waals surface area contributed by atoms with Crippen LogP contribution in [-0.2, 0) is 15.6 Å². The predicted molar refractivity (Wildman–Crippen MR) is 85.3 cm³/mol. The summed E-state index contributed by atoms with van der Waals surface area (Å²) in [6.07, 6.45) is 0. The van der Waals surface area contributed by atoms with Crippen molar-refractivity contribution in [3.8, 4) is 11.5 Å². The number of ether oxygens (including phenoxy) is 2. The molecule has 0 fully saturated rings. The van der Waals surface area contributed by atoms with Crippen molar-refractivity contribution in [2.24, 2.45) is 0 Å². The van der Waals surface area contributed by atoms with Crippen LogP contribution in [0.4, 0.5) is 0 Å². The van der Waals surface area contributed by atoms with Gasteiger partial charge in [-0.05, 0) is 42.0 Å². The molecule has 0 aliphatic carbocycles. The Morgan fingerprint density at radius 1 is 1.00 bits per heavy atom. The Balaban J connectivity index is 1.94. The number of hydrogen-bond acceptors (Lipinski definition) is 4. The highest BCUT2D eigenvalue weighted by atomic mass is 79.9. The van der Waals surface area contributed by atoms with Crippen LogP contribution < -0.4 is 9.47 Å². The Bertz CT molecular complexity index is 785. The molecule has 0 atom stereocenters. The zero-order chi connectivity index (χ0) is 15.0. The molecule has 2 aromatic carbocycles. The molecule has 3 rings (SSSR count). The summed E-state index contributed by atoms with van der Waals surface area (Å²) in [6.45, 7) is 0.157. The van der Waals surface area contributed by atoms with Gasteiger partial charge in [-0.2, -0.15) is 0 Å². The van der Waals surface area contributed by atoms with Crippen molar-refractivity contribution >= 4 is 41.7 Å². The van der Waals surface area contributed by atoms with Gasteiger partial charge in [0.2, 0.25) is 6.79 Å². The van der Waals surface area contributed by atoms with Gasteiger partial charge in [-0.1, -0.05) is 31.9 Å². The summed E-state index contributed by atoms with van der Waals surface area (Å²) in [5.74, 6) is 1.08. The maximum absolute atomic E-state index is 12.5. The van der Waals surface area contributed by atoms with Crippen molar-refractivity contribution < 1.29 is 17.9 Å². The van der Waals surface area contributed by atoms with Crippen LogP contribution >= 0.6 is 31.9 Å². The van der Waals surface area contributed by atoms with Crippen LogP contribution in [0.5, 0.6) is 11.5 Å². The number of halogens is 2. The SMILES string of the molecule is O=S(=O)(Cc1cc2c(cc1Br)OCO2)c1ccc(Br)cc1. The molecule has 0 saturated carbocycles. The van der Waals surface area contributed by atoms with Crippen LogP contribution in [0.15, 0.2) is 50.2 Å². The van der Waals surface area contributed by atoms with E-state index in [0.29, 0.717) is 21.5 Å². The fourth-order valence-corrected chi connectivity index (χ4v) is 4.28. The Labute approximate surface area is 139 Å². The van der Waals surface area contributed by atoms with E-state index >= 15 is 0 Å². The lowest BCUT2D eigenvalue weighted by Gasteiger charge is -2.08. The van der Waals surface area contributed by atoms with Gasteiger partial charge in [0.15, 0.2) is 21.3 Å². The molecule has 21 heavy (non-hydrogen) atoms.